The van der Waals surface area contributed by atoms with Gasteiger partial charge in [0.15, 0.2) is 0 Å². The Morgan fingerprint density at radius 2 is 2.12 bits per heavy atom. The monoisotopic (exact) mass is 352 g/mol. The van der Waals surface area contributed by atoms with Crippen molar-refractivity contribution in [1.82, 2.24) is 14.9 Å². The van der Waals surface area contributed by atoms with E-state index in [1.807, 2.05) is 19.2 Å². The molecule has 1 fully saturated rings. The average molecular weight is 353 g/mol. The van der Waals surface area contributed by atoms with Gasteiger partial charge >= 0.3 is 0 Å². The zero-order chi connectivity index (χ0) is 17.6. The Hall–Kier alpha value is -2.11. The summed E-state index contributed by atoms with van der Waals surface area (Å²) in [6.45, 7) is 13.3. The molecule has 3 heterocycles. The second-order valence-electron chi connectivity index (χ2n) is 6.25. The lowest BCUT2D eigenvalue weighted by Crippen LogP contribution is -2.18. The van der Waals surface area contributed by atoms with Crippen LogP contribution in [0.15, 0.2) is 53.7 Å². The van der Waals surface area contributed by atoms with E-state index in [0.29, 0.717) is 0 Å². The van der Waals surface area contributed by atoms with Crippen molar-refractivity contribution in [3.05, 3.63) is 65.5 Å². The first-order valence-corrected chi connectivity index (χ1v) is 9.37. The summed E-state index contributed by atoms with van der Waals surface area (Å²) in [6, 6.07) is 8.20. The molecule has 2 aromatic rings. The summed E-state index contributed by atoms with van der Waals surface area (Å²) in [7, 11) is 0. The minimum atomic E-state index is 0.808. The van der Waals surface area contributed by atoms with Crippen LogP contribution in [0.3, 0.4) is 0 Å². The molecule has 0 amide bonds. The zero-order valence-electron chi connectivity index (χ0n) is 14.7. The molecule has 0 saturated carbocycles. The van der Waals surface area contributed by atoms with Crippen LogP contribution in [0, 0.1) is 6.92 Å². The van der Waals surface area contributed by atoms with E-state index in [9.17, 15) is 0 Å². The molecule has 0 spiro atoms. The summed E-state index contributed by atoms with van der Waals surface area (Å²) in [5.41, 5.74) is 3.26. The van der Waals surface area contributed by atoms with Crippen molar-refractivity contribution in [2.24, 2.45) is 0 Å². The molecule has 0 aromatic carbocycles. The second kappa shape index (κ2) is 8.32. The largest absolute Gasteiger partial charge is 0.335 e. The number of aromatic nitrogens is 2. The maximum atomic E-state index is 4.58. The number of likely N-dealkylation sites (tertiary alicyclic amines) is 1. The predicted molar refractivity (Wildman–Crippen MR) is 106 cm³/mol. The number of hydrogen-bond donors (Lipinski definition) is 1. The molecule has 0 radical (unpaired) electrons. The van der Waals surface area contributed by atoms with E-state index in [1.54, 1.807) is 6.08 Å². The first kappa shape index (κ1) is 17.7. The van der Waals surface area contributed by atoms with Gasteiger partial charge < -0.3 is 5.32 Å². The van der Waals surface area contributed by atoms with Gasteiger partial charge in [0.2, 0.25) is 0 Å². The van der Waals surface area contributed by atoms with Gasteiger partial charge in [-0.2, -0.15) is 0 Å². The Morgan fingerprint density at radius 1 is 1.32 bits per heavy atom. The molecular weight excluding hydrogens is 328 g/mol. The Kier molecular flexibility index (Phi) is 5.89. The molecule has 0 bridgehead atoms. The number of anilines is 1. The van der Waals surface area contributed by atoms with Crippen molar-refractivity contribution in [3.63, 3.8) is 0 Å². The van der Waals surface area contributed by atoms with Gasteiger partial charge in [0, 0.05) is 12.7 Å². The molecule has 1 saturated heterocycles. The van der Waals surface area contributed by atoms with Crippen LogP contribution in [-0.2, 0) is 6.54 Å². The fraction of sp³-hybridized carbons (Fsp3) is 0.300. The van der Waals surface area contributed by atoms with Gasteiger partial charge in [-0.15, -0.1) is 0 Å². The third-order valence-electron chi connectivity index (χ3n) is 4.20. The van der Waals surface area contributed by atoms with E-state index in [4.69, 9.17) is 0 Å². The highest BCUT2D eigenvalue weighted by Gasteiger charge is 2.12. The number of aryl methyl sites for hydroxylation is 1. The van der Waals surface area contributed by atoms with E-state index in [0.717, 1.165) is 33.7 Å². The minimum Gasteiger partial charge on any atom is -0.335 e. The fourth-order valence-electron chi connectivity index (χ4n) is 2.87. The molecule has 2 aromatic heterocycles. The third-order valence-corrected chi connectivity index (χ3v) is 5.15. The number of nitrogens with one attached hydrogen (secondary N) is 1. The van der Waals surface area contributed by atoms with Crippen LogP contribution >= 0.6 is 11.8 Å². The normalized spacial score (nSPS) is 14.4. The van der Waals surface area contributed by atoms with Crippen LogP contribution in [-0.4, -0.2) is 28.0 Å². The quantitative estimate of drug-likeness (QED) is 0.732. The molecule has 0 atom stereocenters. The molecule has 5 heteroatoms. The maximum absolute atomic E-state index is 4.58. The van der Waals surface area contributed by atoms with Crippen molar-refractivity contribution < 1.29 is 0 Å². The number of pyridine rings is 2. The predicted octanol–water partition coefficient (Wildman–Crippen LogP) is 4.70. The summed E-state index contributed by atoms with van der Waals surface area (Å²) in [5, 5.41) is 5.03. The smallest absolute Gasteiger partial charge is 0.130 e. The van der Waals surface area contributed by atoms with Crippen molar-refractivity contribution in [2.75, 3.05) is 18.4 Å². The van der Waals surface area contributed by atoms with Crippen LogP contribution in [0.1, 0.15) is 29.7 Å². The minimum absolute atomic E-state index is 0.808. The van der Waals surface area contributed by atoms with Crippen LogP contribution in [0.4, 0.5) is 5.82 Å². The molecule has 3 rings (SSSR count). The lowest BCUT2D eigenvalue weighted by Gasteiger charge is -2.15. The maximum Gasteiger partial charge on any atom is 0.130 e. The van der Waals surface area contributed by atoms with Crippen molar-refractivity contribution in [1.29, 1.82) is 0 Å². The highest BCUT2D eigenvalue weighted by Crippen LogP contribution is 2.28. The Bertz CT molecular complexity index is 766. The molecule has 1 aliphatic rings. The lowest BCUT2D eigenvalue weighted by molar-refractivity contribution is 0.331. The van der Waals surface area contributed by atoms with E-state index >= 15 is 0 Å². The van der Waals surface area contributed by atoms with Crippen molar-refractivity contribution in [3.8, 4) is 0 Å². The highest BCUT2D eigenvalue weighted by atomic mass is 32.2. The Labute approximate surface area is 154 Å². The van der Waals surface area contributed by atoms with E-state index in [1.165, 1.54) is 43.3 Å². The topological polar surface area (TPSA) is 41.0 Å². The van der Waals surface area contributed by atoms with Crippen LogP contribution < -0.4 is 5.32 Å². The molecule has 0 unspecified atom stereocenters. The van der Waals surface area contributed by atoms with E-state index < -0.39 is 0 Å². The molecule has 1 N–H and O–H groups in total. The van der Waals surface area contributed by atoms with Gasteiger partial charge in [-0.3, -0.25) is 4.90 Å². The summed E-state index contributed by atoms with van der Waals surface area (Å²) >= 11 is 1.52. The zero-order valence-corrected chi connectivity index (χ0v) is 15.5. The molecule has 0 aliphatic carbocycles. The van der Waals surface area contributed by atoms with E-state index in [-0.39, 0.29) is 0 Å². The summed E-state index contributed by atoms with van der Waals surface area (Å²) in [6.07, 6.45) is 6.22. The first-order chi connectivity index (χ1) is 12.1. The van der Waals surface area contributed by atoms with Crippen LogP contribution in [0.25, 0.3) is 6.08 Å². The summed E-state index contributed by atoms with van der Waals surface area (Å²) in [4.78, 5) is 11.5. The summed E-state index contributed by atoms with van der Waals surface area (Å²) < 4.78 is 0. The highest BCUT2D eigenvalue weighted by molar-refractivity contribution is 8.03. The van der Waals surface area contributed by atoms with Gasteiger partial charge in [-0.25, -0.2) is 9.97 Å². The lowest BCUT2D eigenvalue weighted by atomic mass is 10.2. The second-order valence-corrected chi connectivity index (χ2v) is 7.33. The number of thioether (sulfide) groups is 1. The average Bonchev–Trinajstić information content (AvgIpc) is 3.10. The molecule has 4 nitrogen and oxygen atoms in total. The van der Waals surface area contributed by atoms with Gasteiger partial charge in [-0.1, -0.05) is 31.0 Å². The molecule has 1 aliphatic heterocycles. The van der Waals surface area contributed by atoms with Gasteiger partial charge in [0.25, 0.3) is 0 Å². The molecule has 25 heavy (non-hydrogen) atoms. The first-order valence-electron chi connectivity index (χ1n) is 8.55. The summed E-state index contributed by atoms with van der Waals surface area (Å²) in [5.74, 6) is 0.826. The Morgan fingerprint density at radius 3 is 2.88 bits per heavy atom. The SMILES string of the molecule is C=Cc1ccc(C)c(SC(=C)Nc2cc(CN3CCCC3)ccn2)n1. The Balaban J connectivity index is 1.63. The number of rotatable bonds is 7. The van der Waals surface area contributed by atoms with Crippen molar-refractivity contribution >= 4 is 23.7 Å². The standard InChI is InChI=1S/C20H24N4S/c1-4-18-8-7-15(2)20(23-18)25-16(3)22-19-13-17(9-10-21-19)14-24-11-5-6-12-24/h4,7-10,13H,1,3,5-6,11-12,14H2,2H3,(H,21,22). The number of hydrogen-bond acceptors (Lipinski definition) is 5. The molecule has 130 valence electrons. The third kappa shape index (κ3) is 4.94. The van der Waals surface area contributed by atoms with E-state index in [2.05, 4.69) is 51.5 Å². The van der Waals surface area contributed by atoms with Gasteiger partial charge in [0.1, 0.15) is 10.8 Å². The van der Waals surface area contributed by atoms with Gasteiger partial charge in [0.05, 0.1) is 10.7 Å². The fourth-order valence-corrected chi connectivity index (χ4v) is 3.64. The van der Waals surface area contributed by atoms with Crippen LogP contribution in [0.5, 0.6) is 0 Å². The molecular formula is C20H24N4S. The van der Waals surface area contributed by atoms with Crippen LogP contribution in [0.2, 0.25) is 0 Å². The van der Waals surface area contributed by atoms with Crippen molar-refractivity contribution in [2.45, 2.75) is 31.3 Å². The number of nitrogens with zero attached hydrogens (tertiary/aromatic N) is 3. The van der Waals surface area contributed by atoms with Gasteiger partial charge in [-0.05, 0) is 68.3 Å².